The van der Waals surface area contributed by atoms with E-state index in [2.05, 4.69) is 9.97 Å². The van der Waals surface area contributed by atoms with Crippen LogP contribution in [-0.4, -0.2) is 68.4 Å². The summed E-state index contributed by atoms with van der Waals surface area (Å²) in [6.45, 7) is 5.25. The molecule has 10 nitrogen and oxygen atoms in total. The standard InChI is InChI=1S/C19H26N4O6/c1-4-22-11-5-9(2)10(3)6-12(11)23(7-13(25)16(27)14(26)8-24)17-15(22)18(28)21-19(29)20-17/h5-6,13-14,16,24-27H,4,7-8H2,1-3H3,(H2,20,21,28,29)/t13-,14-,16-/m1/s1. The summed E-state index contributed by atoms with van der Waals surface area (Å²) in [6.07, 6.45) is -4.61. The van der Waals surface area contributed by atoms with Crippen molar-refractivity contribution in [3.05, 3.63) is 44.1 Å². The molecule has 29 heavy (non-hydrogen) atoms. The molecule has 1 aliphatic rings. The van der Waals surface area contributed by atoms with E-state index in [-0.39, 0.29) is 18.1 Å². The van der Waals surface area contributed by atoms with E-state index >= 15 is 0 Å². The molecule has 0 saturated carbocycles. The maximum Gasteiger partial charge on any atom is 0.327 e. The molecule has 3 atom stereocenters. The molecule has 2 aromatic rings. The van der Waals surface area contributed by atoms with Crippen molar-refractivity contribution in [2.45, 2.75) is 39.1 Å². The van der Waals surface area contributed by atoms with Gasteiger partial charge in [0.25, 0.3) is 5.56 Å². The van der Waals surface area contributed by atoms with E-state index in [4.69, 9.17) is 5.11 Å². The Labute approximate surface area is 166 Å². The van der Waals surface area contributed by atoms with Crippen molar-refractivity contribution < 1.29 is 20.4 Å². The number of aryl methyl sites for hydroxylation is 2. The molecule has 10 heteroatoms. The van der Waals surface area contributed by atoms with Gasteiger partial charge in [0.05, 0.1) is 24.5 Å². The van der Waals surface area contributed by atoms with E-state index in [1.54, 1.807) is 4.90 Å². The van der Waals surface area contributed by atoms with E-state index < -0.39 is 36.2 Å². The molecule has 0 aliphatic carbocycles. The van der Waals surface area contributed by atoms with Crippen molar-refractivity contribution in [1.29, 1.82) is 0 Å². The Kier molecular flexibility index (Phi) is 5.80. The predicted octanol–water partition coefficient (Wildman–Crippen LogP) is -0.635. The lowest BCUT2D eigenvalue weighted by Gasteiger charge is -2.40. The van der Waals surface area contributed by atoms with Gasteiger partial charge in [-0.2, -0.15) is 0 Å². The maximum absolute atomic E-state index is 12.6. The van der Waals surface area contributed by atoms with Crippen molar-refractivity contribution in [2.75, 3.05) is 29.5 Å². The fourth-order valence-corrected chi connectivity index (χ4v) is 3.55. The number of aromatic amines is 2. The number of aliphatic hydroxyl groups is 4. The maximum atomic E-state index is 12.6. The van der Waals surface area contributed by atoms with Crippen molar-refractivity contribution in [3.8, 4) is 0 Å². The second kappa shape index (κ2) is 7.99. The van der Waals surface area contributed by atoms with Crippen molar-refractivity contribution >= 4 is 22.9 Å². The molecule has 1 aliphatic heterocycles. The summed E-state index contributed by atoms with van der Waals surface area (Å²) in [7, 11) is 0. The summed E-state index contributed by atoms with van der Waals surface area (Å²) in [6, 6.07) is 3.79. The molecule has 0 fully saturated rings. The zero-order valence-electron chi connectivity index (χ0n) is 16.5. The number of aliphatic hydroxyl groups excluding tert-OH is 4. The Balaban J connectivity index is 2.20. The van der Waals surface area contributed by atoms with Gasteiger partial charge in [-0.05, 0) is 44.0 Å². The van der Waals surface area contributed by atoms with Crippen LogP contribution < -0.4 is 21.0 Å². The van der Waals surface area contributed by atoms with Gasteiger partial charge >= 0.3 is 5.69 Å². The number of nitrogens with one attached hydrogen (secondary N) is 2. The third-order valence-electron chi connectivity index (χ3n) is 5.27. The zero-order chi connectivity index (χ0) is 21.5. The van der Waals surface area contributed by atoms with Crippen LogP contribution in [0.15, 0.2) is 21.7 Å². The minimum Gasteiger partial charge on any atom is -0.394 e. The molecular formula is C19H26N4O6. The first-order valence-corrected chi connectivity index (χ1v) is 9.37. The number of fused-ring (bicyclic) bond motifs is 2. The number of rotatable bonds is 6. The molecule has 158 valence electrons. The van der Waals surface area contributed by atoms with Gasteiger partial charge in [0, 0.05) is 6.54 Å². The third-order valence-corrected chi connectivity index (χ3v) is 5.27. The Morgan fingerprint density at radius 3 is 2.10 bits per heavy atom. The van der Waals surface area contributed by atoms with Gasteiger partial charge in [0.15, 0.2) is 0 Å². The van der Waals surface area contributed by atoms with Gasteiger partial charge in [-0.3, -0.25) is 14.8 Å². The number of anilines is 4. The fraction of sp³-hybridized carbons (Fsp3) is 0.474. The van der Waals surface area contributed by atoms with Crippen LogP contribution in [0.1, 0.15) is 18.1 Å². The van der Waals surface area contributed by atoms with Gasteiger partial charge in [0.2, 0.25) is 0 Å². The molecule has 1 aromatic carbocycles. The van der Waals surface area contributed by atoms with Crippen LogP contribution >= 0.6 is 0 Å². The molecule has 0 radical (unpaired) electrons. The summed E-state index contributed by atoms with van der Waals surface area (Å²) < 4.78 is 0. The fourth-order valence-electron chi connectivity index (χ4n) is 3.55. The molecule has 0 spiro atoms. The van der Waals surface area contributed by atoms with Crippen molar-refractivity contribution in [3.63, 3.8) is 0 Å². The summed E-state index contributed by atoms with van der Waals surface area (Å²) >= 11 is 0. The second-order valence-electron chi connectivity index (χ2n) is 7.19. The molecule has 6 N–H and O–H groups in total. The number of hydrogen-bond donors (Lipinski definition) is 6. The minimum absolute atomic E-state index is 0.182. The van der Waals surface area contributed by atoms with Crippen molar-refractivity contribution in [1.82, 2.24) is 9.97 Å². The summed E-state index contributed by atoms with van der Waals surface area (Å²) in [4.78, 5) is 32.7. The van der Waals surface area contributed by atoms with Gasteiger partial charge in [-0.15, -0.1) is 0 Å². The Hall–Kier alpha value is -2.66. The molecule has 0 bridgehead atoms. The van der Waals surface area contributed by atoms with Crippen LogP contribution in [0.3, 0.4) is 0 Å². The largest absolute Gasteiger partial charge is 0.394 e. The van der Waals surface area contributed by atoms with Crippen LogP contribution in [0.5, 0.6) is 0 Å². The highest BCUT2D eigenvalue weighted by Crippen LogP contribution is 2.45. The number of nitrogens with zero attached hydrogens (tertiary/aromatic N) is 2. The number of benzene rings is 1. The van der Waals surface area contributed by atoms with Gasteiger partial charge < -0.3 is 30.2 Å². The lowest BCUT2D eigenvalue weighted by Crippen LogP contribution is -2.47. The molecule has 1 aromatic heterocycles. The highest BCUT2D eigenvalue weighted by atomic mass is 16.4. The summed E-state index contributed by atoms with van der Waals surface area (Å²) in [5.41, 5.74) is 2.25. The quantitative estimate of drug-likeness (QED) is 0.371. The summed E-state index contributed by atoms with van der Waals surface area (Å²) in [5, 5.41) is 39.2. The number of H-pyrrole nitrogens is 2. The van der Waals surface area contributed by atoms with Gasteiger partial charge in [-0.25, -0.2) is 4.79 Å². The van der Waals surface area contributed by atoms with E-state index in [0.717, 1.165) is 11.1 Å². The minimum atomic E-state index is -1.61. The van der Waals surface area contributed by atoms with Crippen LogP contribution in [0.4, 0.5) is 22.9 Å². The average molecular weight is 406 g/mol. The van der Waals surface area contributed by atoms with Gasteiger partial charge in [0.1, 0.15) is 29.8 Å². The molecule has 2 heterocycles. The predicted molar refractivity (Wildman–Crippen MR) is 108 cm³/mol. The Bertz CT molecular complexity index is 1020. The van der Waals surface area contributed by atoms with E-state index in [1.807, 2.05) is 32.9 Å². The SMILES string of the molecule is CCN1c2cc(C)c(C)cc2N(C[C@@H](O)[C@@H](O)[C@H](O)CO)c2[nH]c(=O)[nH]c(=O)c21. The topological polar surface area (TPSA) is 153 Å². The number of aromatic nitrogens is 2. The van der Waals surface area contributed by atoms with Crippen LogP contribution in [-0.2, 0) is 0 Å². The van der Waals surface area contributed by atoms with Crippen LogP contribution in [0, 0.1) is 13.8 Å². The molecule has 0 saturated heterocycles. The lowest BCUT2D eigenvalue weighted by molar-refractivity contribution is -0.0726. The van der Waals surface area contributed by atoms with Crippen molar-refractivity contribution in [2.24, 2.45) is 0 Å². The Morgan fingerprint density at radius 1 is 0.966 bits per heavy atom. The van der Waals surface area contributed by atoms with E-state index in [9.17, 15) is 24.9 Å². The van der Waals surface area contributed by atoms with Crippen LogP contribution in [0.2, 0.25) is 0 Å². The number of β-amino-alcohol motifs (C(OH)–C–C–N with tert-alkyl or cyclic N) is 1. The van der Waals surface area contributed by atoms with E-state index in [1.165, 1.54) is 4.90 Å². The zero-order valence-corrected chi connectivity index (χ0v) is 16.5. The first-order valence-electron chi connectivity index (χ1n) is 9.37. The van der Waals surface area contributed by atoms with Gasteiger partial charge in [-0.1, -0.05) is 0 Å². The molecule has 3 rings (SSSR count). The Morgan fingerprint density at radius 2 is 1.55 bits per heavy atom. The highest BCUT2D eigenvalue weighted by molar-refractivity contribution is 5.91. The van der Waals surface area contributed by atoms with Crippen LogP contribution in [0.25, 0.3) is 0 Å². The smallest absolute Gasteiger partial charge is 0.327 e. The highest BCUT2D eigenvalue weighted by Gasteiger charge is 2.35. The monoisotopic (exact) mass is 406 g/mol. The van der Waals surface area contributed by atoms with E-state index in [0.29, 0.717) is 17.9 Å². The first-order chi connectivity index (χ1) is 13.7. The first kappa shape index (κ1) is 21.1. The molecule has 0 unspecified atom stereocenters. The molecule has 0 amide bonds. The number of hydrogen-bond acceptors (Lipinski definition) is 8. The molecular weight excluding hydrogens is 380 g/mol. The normalized spacial score (nSPS) is 16.2. The second-order valence-corrected chi connectivity index (χ2v) is 7.19. The lowest BCUT2D eigenvalue weighted by atomic mass is 10.0. The summed E-state index contributed by atoms with van der Waals surface area (Å²) in [5.74, 6) is 0.182. The average Bonchev–Trinajstić information content (AvgIpc) is 2.68. The third kappa shape index (κ3) is 3.67.